The van der Waals surface area contributed by atoms with Gasteiger partial charge in [-0.3, -0.25) is 4.99 Å². The average Bonchev–Trinajstić information content (AvgIpc) is 3.37. The summed E-state index contributed by atoms with van der Waals surface area (Å²) in [5.74, 6) is 1.09. The number of fused-ring (bicyclic) bond motifs is 3. The predicted octanol–water partition coefficient (Wildman–Crippen LogP) is 8.66. The van der Waals surface area contributed by atoms with Crippen LogP contribution in [0.2, 0.25) is 0 Å². The molecule has 188 valence electrons. The number of amidine groups is 2. The Labute approximate surface area is 227 Å². The van der Waals surface area contributed by atoms with Crippen LogP contribution in [0.5, 0.6) is 0 Å². The molecule has 6 aromatic rings. The lowest BCUT2D eigenvalue weighted by atomic mass is 10.0. The summed E-state index contributed by atoms with van der Waals surface area (Å²) in [4.78, 5) is 14.2. The number of benzene rings is 5. The van der Waals surface area contributed by atoms with Crippen LogP contribution in [-0.4, -0.2) is 18.4 Å². The van der Waals surface area contributed by atoms with Crippen LogP contribution in [0.1, 0.15) is 22.3 Å². The van der Waals surface area contributed by atoms with Crippen molar-refractivity contribution in [3.63, 3.8) is 0 Å². The quantitative estimate of drug-likeness (QED) is 0.171. The molecule has 5 aromatic carbocycles. The zero-order valence-corrected chi connectivity index (χ0v) is 21.7. The molecule has 39 heavy (non-hydrogen) atoms. The van der Waals surface area contributed by atoms with E-state index in [4.69, 9.17) is 14.4 Å². The van der Waals surface area contributed by atoms with Crippen molar-refractivity contribution < 1.29 is 4.42 Å². The van der Waals surface area contributed by atoms with Gasteiger partial charge in [-0.15, -0.1) is 0 Å². The smallest absolute Gasteiger partial charge is 0.161 e. The van der Waals surface area contributed by atoms with Crippen LogP contribution >= 0.6 is 0 Å². The van der Waals surface area contributed by atoms with Gasteiger partial charge < -0.3 is 4.42 Å². The van der Waals surface area contributed by atoms with E-state index in [1.165, 1.54) is 5.56 Å². The molecule has 0 N–H and O–H groups in total. The van der Waals surface area contributed by atoms with Gasteiger partial charge in [0.1, 0.15) is 11.2 Å². The predicted molar refractivity (Wildman–Crippen MR) is 163 cm³/mol. The zero-order valence-electron chi connectivity index (χ0n) is 21.7. The third-order valence-corrected chi connectivity index (χ3v) is 6.81. The summed E-state index contributed by atoms with van der Waals surface area (Å²) in [5, 5.41) is 2.22. The maximum absolute atomic E-state index is 6.23. The Bertz CT molecular complexity index is 1850. The van der Waals surface area contributed by atoms with E-state index in [1.54, 1.807) is 0 Å². The van der Waals surface area contributed by atoms with E-state index in [1.807, 2.05) is 66.7 Å². The molecule has 0 saturated carbocycles. The van der Waals surface area contributed by atoms with Gasteiger partial charge in [-0.25, -0.2) is 9.98 Å². The minimum absolute atomic E-state index is 0.491. The highest BCUT2D eigenvalue weighted by Crippen LogP contribution is 2.32. The molecule has 0 saturated heterocycles. The molecule has 0 fully saturated rings. The second kappa shape index (κ2) is 10.7. The summed E-state index contributed by atoms with van der Waals surface area (Å²) in [6.07, 6.45) is 0. The number of rotatable bonds is 5. The fraction of sp³-hybridized carbons (Fsp3) is 0.0571. The highest BCUT2D eigenvalue weighted by Gasteiger charge is 2.13. The average molecular weight is 506 g/mol. The van der Waals surface area contributed by atoms with Crippen LogP contribution in [0.25, 0.3) is 33.1 Å². The maximum atomic E-state index is 6.23. The number of aliphatic imine (C=N–C) groups is 3. The number of nitrogens with zero attached hydrogens (tertiary/aromatic N) is 3. The van der Waals surface area contributed by atoms with Crippen molar-refractivity contribution in [1.82, 2.24) is 0 Å². The molecule has 0 aliphatic carbocycles. The Morgan fingerprint density at radius 1 is 0.667 bits per heavy atom. The summed E-state index contributed by atoms with van der Waals surface area (Å²) in [6.45, 7) is 6.44. The molecule has 0 aliphatic rings. The second-order valence-corrected chi connectivity index (χ2v) is 9.43. The Balaban J connectivity index is 1.46. The van der Waals surface area contributed by atoms with Gasteiger partial charge in [-0.2, -0.15) is 0 Å². The van der Waals surface area contributed by atoms with Crippen molar-refractivity contribution in [1.29, 1.82) is 0 Å². The Kier molecular flexibility index (Phi) is 6.67. The minimum atomic E-state index is 0.491. The second-order valence-electron chi connectivity index (χ2n) is 9.43. The fourth-order valence-corrected chi connectivity index (χ4v) is 4.84. The molecule has 6 rings (SSSR count). The van der Waals surface area contributed by atoms with E-state index in [2.05, 4.69) is 73.2 Å². The summed E-state index contributed by atoms with van der Waals surface area (Å²) in [7, 11) is 0. The SMILES string of the molecule is C=N/C(=N\C(=N/Cc1ccccc1)c1ccc2c(c1)oc1cccc(C)c12)c1cccc(-c2ccccc2)c1. The summed E-state index contributed by atoms with van der Waals surface area (Å²) in [5.41, 5.74) is 7.92. The molecule has 1 aromatic heterocycles. The lowest BCUT2D eigenvalue weighted by Gasteiger charge is -2.08. The van der Waals surface area contributed by atoms with Crippen molar-refractivity contribution in [2.45, 2.75) is 13.5 Å². The zero-order chi connectivity index (χ0) is 26.6. The molecule has 0 unspecified atom stereocenters. The van der Waals surface area contributed by atoms with Gasteiger partial charge in [0.2, 0.25) is 0 Å². The fourth-order valence-electron chi connectivity index (χ4n) is 4.84. The van der Waals surface area contributed by atoms with Gasteiger partial charge in [0.05, 0.1) is 6.54 Å². The topological polar surface area (TPSA) is 50.2 Å². The highest BCUT2D eigenvalue weighted by atomic mass is 16.3. The van der Waals surface area contributed by atoms with Gasteiger partial charge in [0, 0.05) is 21.9 Å². The normalized spacial score (nSPS) is 12.2. The molecule has 0 atom stereocenters. The van der Waals surface area contributed by atoms with E-state index >= 15 is 0 Å². The van der Waals surface area contributed by atoms with Crippen molar-refractivity contribution in [3.8, 4) is 11.1 Å². The number of hydrogen-bond donors (Lipinski definition) is 0. The molecule has 0 spiro atoms. The van der Waals surface area contributed by atoms with Crippen LogP contribution in [-0.2, 0) is 6.54 Å². The van der Waals surface area contributed by atoms with Crippen LogP contribution in [0, 0.1) is 6.92 Å². The molecule has 0 radical (unpaired) electrons. The molecule has 1 heterocycles. The van der Waals surface area contributed by atoms with E-state index < -0.39 is 0 Å². The molecule has 4 nitrogen and oxygen atoms in total. The number of furan rings is 1. The van der Waals surface area contributed by atoms with Gasteiger partial charge in [-0.1, -0.05) is 97.1 Å². The van der Waals surface area contributed by atoms with Gasteiger partial charge in [0.25, 0.3) is 0 Å². The summed E-state index contributed by atoms with van der Waals surface area (Å²) >= 11 is 0. The first-order valence-electron chi connectivity index (χ1n) is 12.9. The lowest BCUT2D eigenvalue weighted by Crippen LogP contribution is -2.06. The third kappa shape index (κ3) is 5.05. The first-order chi connectivity index (χ1) is 19.2. The Morgan fingerprint density at radius 2 is 1.38 bits per heavy atom. The molecular formula is C35H27N3O. The number of hydrogen-bond acceptors (Lipinski definition) is 2. The summed E-state index contributed by atoms with van der Waals surface area (Å²) in [6, 6.07) is 40.9. The van der Waals surface area contributed by atoms with Crippen LogP contribution in [0.4, 0.5) is 0 Å². The van der Waals surface area contributed by atoms with E-state index in [9.17, 15) is 0 Å². The lowest BCUT2D eigenvalue weighted by molar-refractivity contribution is 0.668. The van der Waals surface area contributed by atoms with E-state index in [0.717, 1.165) is 49.8 Å². The van der Waals surface area contributed by atoms with Crippen LogP contribution in [0.15, 0.2) is 141 Å². The Hall–Kier alpha value is -5.09. The minimum Gasteiger partial charge on any atom is -0.456 e. The first-order valence-corrected chi connectivity index (χ1v) is 12.9. The van der Waals surface area contributed by atoms with Gasteiger partial charge in [-0.05, 0) is 60.2 Å². The van der Waals surface area contributed by atoms with Crippen molar-refractivity contribution in [3.05, 3.63) is 144 Å². The van der Waals surface area contributed by atoms with Crippen molar-refractivity contribution in [2.24, 2.45) is 15.0 Å². The highest BCUT2D eigenvalue weighted by molar-refractivity contribution is 6.15. The maximum Gasteiger partial charge on any atom is 0.161 e. The van der Waals surface area contributed by atoms with Crippen molar-refractivity contribution >= 4 is 40.3 Å². The van der Waals surface area contributed by atoms with Gasteiger partial charge in [0.15, 0.2) is 11.7 Å². The van der Waals surface area contributed by atoms with E-state index in [-0.39, 0.29) is 0 Å². The first kappa shape index (κ1) is 24.3. The third-order valence-electron chi connectivity index (χ3n) is 6.81. The largest absolute Gasteiger partial charge is 0.456 e. The molecule has 0 aliphatic heterocycles. The standard InChI is InChI=1S/C35H27N3O/c1-24-11-9-18-31-33(24)30-20-19-29(22-32(30)39-31)35(37-23-25-12-5-3-6-13-25)38-34(36-2)28-17-10-16-27(21-28)26-14-7-4-8-15-26/h3-22H,2,23H2,1H3/b37-35-,38-34-. The molecule has 0 bridgehead atoms. The Morgan fingerprint density at radius 3 is 2.18 bits per heavy atom. The molecule has 4 heteroatoms. The monoisotopic (exact) mass is 505 g/mol. The van der Waals surface area contributed by atoms with E-state index in [0.29, 0.717) is 18.2 Å². The summed E-state index contributed by atoms with van der Waals surface area (Å²) < 4.78 is 6.23. The molecular weight excluding hydrogens is 478 g/mol. The van der Waals surface area contributed by atoms with Crippen LogP contribution in [0.3, 0.4) is 0 Å². The van der Waals surface area contributed by atoms with Gasteiger partial charge >= 0.3 is 0 Å². The van der Waals surface area contributed by atoms with Crippen LogP contribution < -0.4 is 0 Å². The molecule has 0 amide bonds. The van der Waals surface area contributed by atoms with Crippen molar-refractivity contribution in [2.75, 3.05) is 0 Å². The number of aryl methyl sites for hydroxylation is 1.